The number of piperidine rings is 1. The number of halogens is 1. The third kappa shape index (κ3) is 3.90. The molecule has 1 N–H and O–H groups in total. The summed E-state index contributed by atoms with van der Waals surface area (Å²) >= 11 is 6.06. The molecule has 6 heteroatoms. The fourth-order valence-corrected chi connectivity index (χ4v) is 4.05. The molecule has 0 aliphatic carbocycles. The monoisotopic (exact) mass is 404 g/mol. The highest BCUT2D eigenvalue weighted by atomic mass is 35.5. The van der Waals surface area contributed by atoms with Crippen LogP contribution in [0, 0.1) is 24.2 Å². The van der Waals surface area contributed by atoms with Gasteiger partial charge in [0.05, 0.1) is 16.8 Å². The summed E-state index contributed by atoms with van der Waals surface area (Å²) in [6, 6.07) is 15.6. The van der Waals surface area contributed by atoms with Crippen LogP contribution in [0.4, 0.5) is 11.4 Å². The maximum atomic E-state index is 12.8. The van der Waals surface area contributed by atoms with E-state index in [9.17, 15) is 10.1 Å². The van der Waals surface area contributed by atoms with Gasteiger partial charge < -0.3 is 10.2 Å². The topological polar surface area (TPSA) is 69.0 Å². The van der Waals surface area contributed by atoms with Crippen LogP contribution in [0.3, 0.4) is 0 Å². The van der Waals surface area contributed by atoms with Gasteiger partial charge >= 0.3 is 0 Å². The number of nitriles is 1. The number of rotatable bonds is 3. The van der Waals surface area contributed by atoms with Gasteiger partial charge in [0.15, 0.2) is 0 Å². The number of aryl methyl sites for hydroxylation is 1. The Bertz CT molecular complexity index is 1110. The Balaban J connectivity index is 1.50. The van der Waals surface area contributed by atoms with Crippen LogP contribution in [0.5, 0.6) is 0 Å². The first-order chi connectivity index (χ1) is 14.1. The van der Waals surface area contributed by atoms with Gasteiger partial charge in [-0.15, -0.1) is 0 Å². The molecule has 0 atom stereocenters. The SMILES string of the molecule is Cc1ccc(Cl)cc1NC(=O)C1CCN(c2c(C#N)cnc3ccccc23)CC1. The van der Waals surface area contributed by atoms with Gasteiger partial charge in [0.1, 0.15) is 6.07 Å². The van der Waals surface area contributed by atoms with E-state index in [0.717, 1.165) is 53.8 Å². The third-order valence-electron chi connectivity index (χ3n) is 5.51. The van der Waals surface area contributed by atoms with Crippen LogP contribution in [0.2, 0.25) is 5.02 Å². The van der Waals surface area contributed by atoms with E-state index in [0.29, 0.717) is 10.6 Å². The summed E-state index contributed by atoms with van der Waals surface area (Å²) in [6.07, 6.45) is 3.10. The van der Waals surface area contributed by atoms with E-state index in [4.69, 9.17) is 11.6 Å². The number of fused-ring (bicyclic) bond motifs is 1. The molecule has 5 nitrogen and oxygen atoms in total. The first-order valence-corrected chi connectivity index (χ1v) is 10.0. The van der Waals surface area contributed by atoms with Gasteiger partial charge in [-0.1, -0.05) is 35.9 Å². The molecular weight excluding hydrogens is 384 g/mol. The highest BCUT2D eigenvalue weighted by Crippen LogP contribution is 2.33. The minimum Gasteiger partial charge on any atom is -0.370 e. The molecular formula is C23H21ClN4O. The van der Waals surface area contributed by atoms with E-state index >= 15 is 0 Å². The molecule has 0 saturated carbocycles. The lowest BCUT2D eigenvalue weighted by Gasteiger charge is -2.34. The van der Waals surface area contributed by atoms with Gasteiger partial charge in [0, 0.05) is 41.3 Å². The fourth-order valence-electron chi connectivity index (χ4n) is 3.88. The Labute approximate surface area is 174 Å². The first kappa shape index (κ1) is 19.2. The lowest BCUT2D eigenvalue weighted by atomic mass is 9.94. The molecule has 0 spiro atoms. The van der Waals surface area contributed by atoms with Crippen molar-refractivity contribution >= 4 is 39.8 Å². The molecule has 1 aliphatic heterocycles. The largest absolute Gasteiger partial charge is 0.370 e. The molecule has 0 unspecified atom stereocenters. The number of carbonyl (C=O) groups excluding carboxylic acids is 1. The molecule has 2 aromatic carbocycles. The Morgan fingerprint density at radius 1 is 1.24 bits per heavy atom. The van der Waals surface area contributed by atoms with Crippen molar-refractivity contribution < 1.29 is 4.79 Å². The predicted molar refractivity (Wildman–Crippen MR) is 116 cm³/mol. The second kappa shape index (κ2) is 8.10. The van der Waals surface area contributed by atoms with E-state index in [2.05, 4.69) is 21.3 Å². The number of para-hydroxylation sites is 1. The molecule has 1 aromatic heterocycles. The van der Waals surface area contributed by atoms with Crippen molar-refractivity contribution in [2.75, 3.05) is 23.3 Å². The predicted octanol–water partition coefficient (Wildman–Crippen LogP) is 4.92. The fraction of sp³-hybridized carbons (Fsp3) is 0.261. The van der Waals surface area contributed by atoms with Crippen LogP contribution >= 0.6 is 11.6 Å². The number of aromatic nitrogens is 1. The summed E-state index contributed by atoms with van der Waals surface area (Å²) in [7, 11) is 0. The number of carbonyl (C=O) groups is 1. The van der Waals surface area contributed by atoms with Crippen LogP contribution in [0.15, 0.2) is 48.7 Å². The lowest BCUT2D eigenvalue weighted by molar-refractivity contribution is -0.120. The maximum Gasteiger partial charge on any atom is 0.227 e. The van der Waals surface area contributed by atoms with Crippen LogP contribution in [0.25, 0.3) is 10.9 Å². The molecule has 1 saturated heterocycles. The Morgan fingerprint density at radius 2 is 2.00 bits per heavy atom. The van der Waals surface area contributed by atoms with Crippen molar-refractivity contribution in [2.45, 2.75) is 19.8 Å². The number of anilines is 2. The first-order valence-electron chi connectivity index (χ1n) is 9.66. The van der Waals surface area contributed by atoms with Crippen molar-refractivity contribution in [1.82, 2.24) is 4.98 Å². The Morgan fingerprint density at radius 3 is 2.76 bits per heavy atom. The molecule has 4 rings (SSSR count). The van der Waals surface area contributed by atoms with E-state index in [1.54, 1.807) is 12.3 Å². The molecule has 2 heterocycles. The molecule has 1 fully saturated rings. The second-order valence-electron chi connectivity index (χ2n) is 7.36. The molecule has 1 aliphatic rings. The molecule has 0 radical (unpaired) electrons. The van der Waals surface area contributed by atoms with Gasteiger partial charge in [-0.05, 0) is 43.5 Å². The molecule has 146 valence electrons. The normalized spacial score (nSPS) is 14.6. The summed E-state index contributed by atoms with van der Waals surface area (Å²) in [4.78, 5) is 19.4. The standard InChI is InChI=1S/C23H21ClN4O/c1-15-6-7-18(24)12-21(15)27-23(29)16-8-10-28(11-9-16)22-17(13-25)14-26-20-5-3-2-4-19(20)22/h2-7,12,14,16H,8-11H2,1H3,(H,27,29). The number of hydrogen-bond donors (Lipinski definition) is 1. The summed E-state index contributed by atoms with van der Waals surface area (Å²) in [5, 5.41) is 14.2. The van der Waals surface area contributed by atoms with Crippen LogP contribution in [-0.4, -0.2) is 24.0 Å². The zero-order valence-electron chi connectivity index (χ0n) is 16.2. The summed E-state index contributed by atoms with van der Waals surface area (Å²) in [5.74, 6) is -0.0432. The molecule has 29 heavy (non-hydrogen) atoms. The van der Waals surface area contributed by atoms with Crippen molar-refractivity contribution in [1.29, 1.82) is 5.26 Å². The number of nitrogens with zero attached hydrogens (tertiary/aromatic N) is 3. The lowest BCUT2D eigenvalue weighted by Crippen LogP contribution is -2.38. The highest BCUT2D eigenvalue weighted by Gasteiger charge is 2.27. The summed E-state index contributed by atoms with van der Waals surface area (Å²) in [5.41, 5.74) is 4.11. The number of hydrogen-bond acceptors (Lipinski definition) is 4. The minimum absolute atomic E-state index is 0.0232. The zero-order valence-corrected chi connectivity index (χ0v) is 16.9. The Kier molecular flexibility index (Phi) is 5.37. The van der Waals surface area contributed by atoms with Gasteiger partial charge in [0.2, 0.25) is 5.91 Å². The molecule has 0 bridgehead atoms. The van der Waals surface area contributed by atoms with E-state index in [-0.39, 0.29) is 11.8 Å². The van der Waals surface area contributed by atoms with Crippen molar-refractivity contribution in [3.8, 4) is 6.07 Å². The number of amides is 1. The molecule has 1 amide bonds. The van der Waals surface area contributed by atoms with Crippen molar-refractivity contribution in [3.63, 3.8) is 0 Å². The second-order valence-corrected chi connectivity index (χ2v) is 7.80. The van der Waals surface area contributed by atoms with Gasteiger partial charge in [-0.3, -0.25) is 9.78 Å². The summed E-state index contributed by atoms with van der Waals surface area (Å²) in [6.45, 7) is 3.39. The van der Waals surface area contributed by atoms with Gasteiger partial charge in [0.25, 0.3) is 0 Å². The van der Waals surface area contributed by atoms with Crippen molar-refractivity contribution in [2.24, 2.45) is 5.92 Å². The highest BCUT2D eigenvalue weighted by molar-refractivity contribution is 6.31. The number of benzene rings is 2. The third-order valence-corrected chi connectivity index (χ3v) is 5.74. The van der Waals surface area contributed by atoms with E-state index in [1.807, 2.05) is 43.3 Å². The average Bonchev–Trinajstić information content (AvgIpc) is 2.75. The molecule has 3 aromatic rings. The van der Waals surface area contributed by atoms with E-state index in [1.165, 1.54) is 0 Å². The quantitative estimate of drug-likeness (QED) is 0.672. The zero-order chi connectivity index (χ0) is 20.4. The Hall–Kier alpha value is -3.10. The van der Waals surface area contributed by atoms with Crippen LogP contribution < -0.4 is 10.2 Å². The van der Waals surface area contributed by atoms with Gasteiger partial charge in [-0.2, -0.15) is 5.26 Å². The van der Waals surface area contributed by atoms with Crippen LogP contribution in [0.1, 0.15) is 24.0 Å². The average molecular weight is 405 g/mol. The maximum absolute atomic E-state index is 12.8. The van der Waals surface area contributed by atoms with E-state index < -0.39 is 0 Å². The number of pyridine rings is 1. The minimum atomic E-state index is -0.0664. The van der Waals surface area contributed by atoms with Crippen molar-refractivity contribution in [3.05, 3.63) is 64.8 Å². The smallest absolute Gasteiger partial charge is 0.227 e. The number of nitrogens with one attached hydrogen (secondary N) is 1. The summed E-state index contributed by atoms with van der Waals surface area (Å²) < 4.78 is 0. The van der Waals surface area contributed by atoms with Gasteiger partial charge in [-0.25, -0.2) is 0 Å². The van der Waals surface area contributed by atoms with Crippen LogP contribution in [-0.2, 0) is 4.79 Å².